The first kappa shape index (κ1) is 13.5. The fraction of sp³-hybridized carbons (Fsp3) is 0.0769. The largest absolute Gasteiger partial charge is 0.277 e. The van der Waals surface area contributed by atoms with Gasteiger partial charge in [0.1, 0.15) is 23.0 Å². The molecule has 0 N–H and O–H groups in total. The third-order valence-electron chi connectivity index (χ3n) is 2.84. The maximum Gasteiger partial charge on any atom is 0.164 e. The van der Waals surface area contributed by atoms with Gasteiger partial charge in [0.2, 0.25) is 0 Å². The standard InChI is InChI=1S/C13H7BrClF2N3/c14-7-4-11(9(17)5-8(7)16)20-12(6-15)19-10-2-1-3-18-13(10)20/h1-5H,6H2. The first-order chi connectivity index (χ1) is 9.61. The molecule has 0 aliphatic rings. The van der Waals surface area contributed by atoms with Crippen LogP contribution in [0.1, 0.15) is 5.82 Å². The molecule has 0 atom stereocenters. The van der Waals surface area contributed by atoms with Gasteiger partial charge in [-0.3, -0.25) is 4.57 Å². The Morgan fingerprint density at radius 2 is 2.05 bits per heavy atom. The highest BCUT2D eigenvalue weighted by Gasteiger charge is 2.17. The Bertz CT molecular complexity index is 804. The minimum atomic E-state index is -0.706. The van der Waals surface area contributed by atoms with E-state index in [-0.39, 0.29) is 16.0 Å². The number of benzene rings is 1. The van der Waals surface area contributed by atoms with Crippen LogP contribution in [0, 0.1) is 11.6 Å². The topological polar surface area (TPSA) is 30.7 Å². The van der Waals surface area contributed by atoms with Crippen molar-refractivity contribution in [3.63, 3.8) is 0 Å². The second kappa shape index (κ2) is 5.10. The molecule has 0 fully saturated rings. The Labute approximate surface area is 126 Å². The highest BCUT2D eigenvalue weighted by Crippen LogP contribution is 2.27. The Morgan fingerprint density at radius 3 is 2.80 bits per heavy atom. The summed E-state index contributed by atoms with van der Waals surface area (Å²) in [5.74, 6) is -0.846. The summed E-state index contributed by atoms with van der Waals surface area (Å²) >= 11 is 8.91. The number of imidazole rings is 1. The molecule has 0 aliphatic heterocycles. The number of alkyl halides is 1. The minimum Gasteiger partial charge on any atom is -0.277 e. The lowest BCUT2D eigenvalue weighted by Crippen LogP contribution is -2.04. The van der Waals surface area contributed by atoms with Crippen LogP contribution < -0.4 is 0 Å². The zero-order chi connectivity index (χ0) is 14.3. The summed E-state index contributed by atoms with van der Waals surface area (Å²) < 4.78 is 29.0. The maximum absolute atomic E-state index is 14.1. The van der Waals surface area contributed by atoms with Crippen molar-refractivity contribution < 1.29 is 8.78 Å². The second-order valence-electron chi connectivity index (χ2n) is 4.06. The van der Waals surface area contributed by atoms with Crippen LogP contribution in [-0.2, 0) is 5.88 Å². The molecule has 2 aromatic heterocycles. The second-order valence-corrected chi connectivity index (χ2v) is 5.18. The molecule has 0 aliphatic carbocycles. The van der Waals surface area contributed by atoms with Gasteiger partial charge in [-0.2, -0.15) is 0 Å². The number of nitrogens with zero attached hydrogens (tertiary/aromatic N) is 3. The van der Waals surface area contributed by atoms with Gasteiger partial charge in [-0.25, -0.2) is 18.7 Å². The fourth-order valence-corrected chi connectivity index (χ4v) is 2.50. The van der Waals surface area contributed by atoms with Gasteiger partial charge in [-0.1, -0.05) is 0 Å². The van der Waals surface area contributed by atoms with Gasteiger partial charge < -0.3 is 0 Å². The zero-order valence-electron chi connectivity index (χ0n) is 9.95. The Kier molecular flexibility index (Phi) is 3.43. The fourth-order valence-electron chi connectivity index (χ4n) is 1.99. The molecule has 0 amide bonds. The van der Waals surface area contributed by atoms with E-state index in [2.05, 4.69) is 25.9 Å². The molecule has 20 heavy (non-hydrogen) atoms. The van der Waals surface area contributed by atoms with Crippen LogP contribution >= 0.6 is 27.5 Å². The molecule has 0 bridgehead atoms. The van der Waals surface area contributed by atoms with Crippen molar-refractivity contribution in [2.45, 2.75) is 5.88 Å². The van der Waals surface area contributed by atoms with Crippen molar-refractivity contribution in [1.29, 1.82) is 0 Å². The third kappa shape index (κ3) is 2.09. The highest BCUT2D eigenvalue weighted by molar-refractivity contribution is 9.10. The van der Waals surface area contributed by atoms with E-state index in [1.165, 1.54) is 10.6 Å². The van der Waals surface area contributed by atoms with Gasteiger partial charge in [-0.05, 0) is 34.1 Å². The minimum absolute atomic E-state index is 0.0881. The van der Waals surface area contributed by atoms with E-state index in [0.717, 1.165) is 6.07 Å². The Balaban J connectivity index is 2.36. The molecule has 0 unspecified atom stereocenters. The number of pyridine rings is 1. The zero-order valence-corrected chi connectivity index (χ0v) is 12.3. The molecular formula is C13H7BrClF2N3. The predicted octanol–water partition coefficient (Wildman–Crippen LogP) is 4.20. The summed E-state index contributed by atoms with van der Waals surface area (Å²) in [6.07, 6.45) is 1.58. The lowest BCUT2D eigenvalue weighted by molar-refractivity contribution is 0.573. The molecule has 3 nitrogen and oxygen atoms in total. The van der Waals surface area contributed by atoms with Gasteiger partial charge in [0.25, 0.3) is 0 Å². The van der Waals surface area contributed by atoms with Crippen LogP contribution in [-0.4, -0.2) is 14.5 Å². The molecule has 0 saturated heterocycles. The number of hydrogen-bond donors (Lipinski definition) is 0. The Hall–Kier alpha value is -1.53. The van der Waals surface area contributed by atoms with Crippen molar-refractivity contribution in [3.8, 4) is 5.69 Å². The average Bonchev–Trinajstić information content (AvgIpc) is 2.81. The van der Waals surface area contributed by atoms with Gasteiger partial charge in [0, 0.05) is 12.3 Å². The molecule has 0 spiro atoms. The highest BCUT2D eigenvalue weighted by atomic mass is 79.9. The molecule has 3 rings (SSSR count). The Morgan fingerprint density at radius 1 is 1.25 bits per heavy atom. The van der Waals surface area contributed by atoms with Crippen molar-refractivity contribution in [2.75, 3.05) is 0 Å². The summed E-state index contributed by atoms with van der Waals surface area (Å²) in [6, 6.07) is 5.64. The van der Waals surface area contributed by atoms with Crippen molar-refractivity contribution in [3.05, 3.63) is 52.4 Å². The van der Waals surface area contributed by atoms with Gasteiger partial charge in [-0.15, -0.1) is 11.6 Å². The number of halogens is 4. The summed E-state index contributed by atoms with van der Waals surface area (Å²) in [6.45, 7) is 0. The van der Waals surface area contributed by atoms with Crippen molar-refractivity contribution in [2.24, 2.45) is 0 Å². The quantitative estimate of drug-likeness (QED) is 0.508. The number of aromatic nitrogens is 3. The first-order valence-electron chi connectivity index (χ1n) is 5.65. The van der Waals surface area contributed by atoms with Crippen LogP contribution in [0.2, 0.25) is 0 Å². The smallest absolute Gasteiger partial charge is 0.164 e. The molecule has 0 radical (unpaired) electrons. The van der Waals surface area contributed by atoms with Gasteiger partial charge >= 0.3 is 0 Å². The normalized spacial score (nSPS) is 11.2. The molecule has 102 valence electrons. The van der Waals surface area contributed by atoms with E-state index in [1.54, 1.807) is 18.3 Å². The van der Waals surface area contributed by atoms with Crippen molar-refractivity contribution >= 4 is 38.7 Å². The molecule has 7 heteroatoms. The van der Waals surface area contributed by atoms with Crippen LogP contribution in [0.15, 0.2) is 34.9 Å². The maximum atomic E-state index is 14.1. The SMILES string of the molecule is Fc1cc(F)c(-n2c(CCl)nc3cccnc32)cc1Br. The van der Waals surface area contributed by atoms with Crippen LogP contribution in [0.25, 0.3) is 16.9 Å². The summed E-state index contributed by atoms with van der Waals surface area (Å²) in [5, 5.41) is 0. The summed E-state index contributed by atoms with van der Waals surface area (Å²) in [7, 11) is 0. The number of fused-ring (bicyclic) bond motifs is 1. The van der Waals surface area contributed by atoms with E-state index in [9.17, 15) is 8.78 Å². The van der Waals surface area contributed by atoms with Crippen LogP contribution in [0.4, 0.5) is 8.78 Å². The molecular weight excluding hydrogens is 352 g/mol. The summed E-state index contributed by atoms with van der Waals surface area (Å²) in [4.78, 5) is 8.48. The predicted molar refractivity (Wildman–Crippen MR) is 76.0 cm³/mol. The van der Waals surface area contributed by atoms with Gasteiger partial charge in [0.05, 0.1) is 16.0 Å². The van der Waals surface area contributed by atoms with Crippen LogP contribution in [0.3, 0.4) is 0 Å². The first-order valence-corrected chi connectivity index (χ1v) is 6.98. The molecule has 3 aromatic rings. The summed E-state index contributed by atoms with van der Waals surface area (Å²) in [5.41, 5.74) is 1.22. The van der Waals surface area contributed by atoms with E-state index >= 15 is 0 Å². The lowest BCUT2D eigenvalue weighted by Gasteiger charge is -2.09. The average molecular weight is 359 g/mol. The molecule has 2 heterocycles. The van der Waals surface area contributed by atoms with E-state index in [0.29, 0.717) is 17.0 Å². The monoisotopic (exact) mass is 357 g/mol. The third-order valence-corrected chi connectivity index (χ3v) is 3.68. The van der Waals surface area contributed by atoms with Gasteiger partial charge in [0.15, 0.2) is 5.65 Å². The molecule has 1 aromatic carbocycles. The number of hydrogen-bond acceptors (Lipinski definition) is 2. The van der Waals surface area contributed by atoms with E-state index in [1.807, 2.05) is 0 Å². The van der Waals surface area contributed by atoms with E-state index < -0.39 is 11.6 Å². The molecule has 0 saturated carbocycles. The number of rotatable bonds is 2. The van der Waals surface area contributed by atoms with E-state index in [4.69, 9.17) is 11.6 Å². The van der Waals surface area contributed by atoms with Crippen LogP contribution in [0.5, 0.6) is 0 Å². The van der Waals surface area contributed by atoms with Crippen molar-refractivity contribution in [1.82, 2.24) is 14.5 Å². The lowest BCUT2D eigenvalue weighted by atomic mass is 10.3.